The summed E-state index contributed by atoms with van der Waals surface area (Å²) < 4.78 is 11.1. The lowest BCUT2D eigenvalue weighted by molar-refractivity contribution is -0.0235. The average molecular weight is 480 g/mol. The standard InChI is InChI=1S/C31H45NO3/c1-28(2,3)21-11-15-23(16-12-21)31(10,24-17-13-22(14-18-24)29(4,5)6)26-19-25(20-32-26)34-27(33)35-30(7,8)9/h11-18,25-26,32H,19-20H2,1-10H3/t25-,26-/m1/s1. The Morgan fingerprint density at radius 2 is 1.11 bits per heavy atom. The van der Waals surface area contributed by atoms with Gasteiger partial charge in [0.1, 0.15) is 11.7 Å². The highest BCUT2D eigenvalue weighted by molar-refractivity contribution is 5.61. The first kappa shape index (κ1) is 27.3. The molecule has 1 fully saturated rings. The van der Waals surface area contributed by atoms with Crippen molar-refractivity contribution in [3.8, 4) is 0 Å². The van der Waals surface area contributed by atoms with Gasteiger partial charge in [0.15, 0.2) is 0 Å². The van der Waals surface area contributed by atoms with Gasteiger partial charge in [-0.15, -0.1) is 0 Å². The molecule has 0 saturated carbocycles. The smallest absolute Gasteiger partial charge is 0.430 e. The minimum Gasteiger partial charge on any atom is -0.430 e. The number of ether oxygens (including phenoxy) is 2. The Morgan fingerprint density at radius 3 is 1.49 bits per heavy atom. The van der Waals surface area contributed by atoms with Gasteiger partial charge in [0.2, 0.25) is 0 Å². The molecule has 4 nitrogen and oxygen atoms in total. The number of carbonyl (C=O) groups is 1. The molecule has 2 aromatic carbocycles. The van der Waals surface area contributed by atoms with Crippen LogP contribution in [0.5, 0.6) is 0 Å². The Bertz CT molecular complexity index is 944. The van der Waals surface area contributed by atoms with Crippen LogP contribution < -0.4 is 5.32 Å². The Morgan fingerprint density at radius 1 is 0.714 bits per heavy atom. The monoisotopic (exact) mass is 479 g/mol. The topological polar surface area (TPSA) is 47.6 Å². The lowest BCUT2D eigenvalue weighted by Crippen LogP contribution is -2.44. The summed E-state index contributed by atoms with van der Waals surface area (Å²) in [5.74, 6) is 0. The van der Waals surface area contributed by atoms with E-state index in [2.05, 4.69) is 102 Å². The molecule has 3 rings (SSSR count). The lowest BCUT2D eigenvalue weighted by atomic mass is 9.69. The number of rotatable bonds is 4. The summed E-state index contributed by atoms with van der Waals surface area (Å²) >= 11 is 0. The first-order chi connectivity index (χ1) is 16.0. The van der Waals surface area contributed by atoms with E-state index < -0.39 is 11.8 Å². The second-order valence-corrected chi connectivity index (χ2v) is 13.3. The van der Waals surface area contributed by atoms with Gasteiger partial charge in [0.25, 0.3) is 0 Å². The highest BCUT2D eigenvalue weighted by Crippen LogP contribution is 2.40. The summed E-state index contributed by atoms with van der Waals surface area (Å²) in [6, 6.07) is 18.2. The van der Waals surface area contributed by atoms with Crippen LogP contribution in [0.25, 0.3) is 0 Å². The third-order valence-corrected chi connectivity index (χ3v) is 7.14. The van der Waals surface area contributed by atoms with E-state index in [1.807, 2.05) is 20.8 Å². The Labute approximate surface area is 212 Å². The normalized spacial score (nSPS) is 19.5. The minimum atomic E-state index is -0.601. The second-order valence-electron chi connectivity index (χ2n) is 13.3. The Hall–Kier alpha value is -2.33. The van der Waals surface area contributed by atoms with Gasteiger partial charge in [-0.05, 0) is 60.8 Å². The van der Waals surface area contributed by atoms with Crippen LogP contribution in [0.3, 0.4) is 0 Å². The van der Waals surface area contributed by atoms with Gasteiger partial charge in [-0.3, -0.25) is 0 Å². The summed E-state index contributed by atoms with van der Waals surface area (Å²) in [5.41, 5.74) is 4.48. The zero-order valence-electron chi connectivity index (χ0n) is 23.4. The average Bonchev–Trinajstić information content (AvgIpc) is 3.19. The number of carbonyl (C=O) groups excluding carboxylic acids is 1. The van der Waals surface area contributed by atoms with Crippen LogP contribution in [0.4, 0.5) is 4.79 Å². The molecular weight excluding hydrogens is 434 g/mol. The van der Waals surface area contributed by atoms with Gasteiger partial charge >= 0.3 is 6.16 Å². The lowest BCUT2D eigenvalue weighted by Gasteiger charge is -2.38. The molecule has 1 aliphatic rings. The maximum absolute atomic E-state index is 12.3. The van der Waals surface area contributed by atoms with Gasteiger partial charge in [0.05, 0.1) is 0 Å². The minimum absolute atomic E-state index is 0.0985. The van der Waals surface area contributed by atoms with Crippen LogP contribution in [0.1, 0.15) is 97.9 Å². The van der Waals surface area contributed by atoms with Crippen molar-refractivity contribution in [2.75, 3.05) is 6.54 Å². The molecule has 2 aromatic rings. The van der Waals surface area contributed by atoms with E-state index in [0.29, 0.717) is 6.54 Å². The summed E-state index contributed by atoms with van der Waals surface area (Å²) in [7, 11) is 0. The maximum atomic E-state index is 12.3. The predicted octanol–water partition coefficient (Wildman–Crippen LogP) is 7.27. The van der Waals surface area contributed by atoms with Crippen molar-refractivity contribution in [3.05, 3.63) is 70.8 Å². The molecule has 35 heavy (non-hydrogen) atoms. The summed E-state index contributed by atoms with van der Waals surface area (Å²) in [5, 5.41) is 3.67. The van der Waals surface area contributed by atoms with Crippen LogP contribution in [-0.4, -0.2) is 30.4 Å². The van der Waals surface area contributed by atoms with Crippen molar-refractivity contribution in [3.63, 3.8) is 0 Å². The molecule has 1 aliphatic heterocycles. The van der Waals surface area contributed by atoms with E-state index >= 15 is 0 Å². The van der Waals surface area contributed by atoms with Gasteiger partial charge in [-0.25, -0.2) is 4.79 Å². The van der Waals surface area contributed by atoms with Crippen LogP contribution in [-0.2, 0) is 25.7 Å². The number of nitrogens with one attached hydrogen (secondary N) is 1. The fourth-order valence-electron chi connectivity index (χ4n) is 4.84. The van der Waals surface area contributed by atoms with Crippen LogP contribution >= 0.6 is 0 Å². The zero-order chi connectivity index (χ0) is 26.2. The molecule has 1 saturated heterocycles. The molecule has 0 spiro atoms. The van der Waals surface area contributed by atoms with Crippen molar-refractivity contribution in [2.45, 2.75) is 110 Å². The molecule has 0 aromatic heterocycles. The van der Waals surface area contributed by atoms with Crippen LogP contribution in [0.2, 0.25) is 0 Å². The summed E-state index contributed by atoms with van der Waals surface area (Å²) in [6.07, 6.45) is -0.106. The van der Waals surface area contributed by atoms with E-state index in [4.69, 9.17) is 9.47 Å². The molecule has 4 heteroatoms. The van der Waals surface area contributed by atoms with E-state index in [1.54, 1.807) is 0 Å². The summed E-state index contributed by atoms with van der Waals surface area (Å²) in [4.78, 5) is 12.3. The molecule has 0 radical (unpaired) electrons. The zero-order valence-corrected chi connectivity index (χ0v) is 23.4. The highest BCUT2D eigenvalue weighted by atomic mass is 16.7. The summed E-state index contributed by atoms with van der Waals surface area (Å²) in [6.45, 7) is 21.9. The first-order valence-electron chi connectivity index (χ1n) is 12.9. The van der Waals surface area contributed by atoms with Gasteiger partial charge < -0.3 is 14.8 Å². The maximum Gasteiger partial charge on any atom is 0.509 e. The molecule has 0 bridgehead atoms. The highest BCUT2D eigenvalue weighted by Gasteiger charge is 2.43. The van der Waals surface area contributed by atoms with Crippen molar-refractivity contribution < 1.29 is 14.3 Å². The Balaban J connectivity index is 1.94. The molecule has 1 N–H and O–H groups in total. The molecule has 0 amide bonds. The fourth-order valence-corrected chi connectivity index (χ4v) is 4.84. The van der Waals surface area contributed by atoms with Crippen molar-refractivity contribution in [2.24, 2.45) is 0 Å². The van der Waals surface area contributed by atoms with Crippen molar-refractivity contribution in [1.82, 2.24) is 5.32 Å². The van der Waals surface area contributed by atoms with Gasteiger partial charge in [0, 0.05) is 24.4 Å². The quantitative estimate of drug-likeness (QED) is 0.469. The number of benzene rings is 2. The van der Waals surface area contributed by atoms with Crippen LogP contribution in [0, 0.1) is 0 Å². The third-order valence-electron chi connectivity index (χ3n) is 7.14. The third kappa shape index (κ3) is 6.46. The second kappa shape index (κ2) is 9.61. The SMILES string of the molecule is CC(C)(C)OC(=O)O[C@H]1CN[C@@H](C(C)(c2ccc(C(C)(C)C)cc2)c2ccc(C(C)(C)C)cc2)C1. The van der Waals surface area contributed by atoms with Gasteiger partial charge in [-0.1, -0.05) is 90.1 Å². The number of hydrogen-bond donors (Lipinski definition) is 1. The largest absolute Gasteiger partial charge is 0.509 e. The van der Waals surface area contributed by atoms with E-state index in [-0.39, 0.29) is 28.4 Å². The molecule has 2 atom stereocenters. The molecule has 0 aliphatic carbocycles. The van der Waals surface area contributed by atoms with Crippen LogP contribution in [0.15, 0.2) is 48.5 Å². The molecular formula is C31H45NO3. The first-order valence-corrected chi connectivity index (χ1v) is 12.9. The Kier molecular flexibility index (Phi) is 7.49. The fraction of sp³-hybridized carbons (Fsp3) is 0.581. The van der Waals surface area contributed by atoms with Crippen molar-refractivity contribution >= 4 is 6.16 Å². The van der Waals surface area contributed by atoms with E-state index in [9.17, 15) is 4.79 Å². The molecule has 1 heterocycles. The molecule has 0 unspecified atom stereocenters. The van der Waals surface area contributed by atoms with E-state index in [1.165, 1.54) is 22.3 Å². The molecule has 192 valence electrons. The van der Waals surface area contributed by atoms with E-state index in [0.717, 1.165) is 6.42 Å². The predicted molar refractivity (Wildman–Crippen MR) is 144 cm³/mol. The van der Waals surface area contributed by atoms with Crippen molar-refractivity contribution in [1.29, 1.82) is 0 Å². The van der Waals surface area contributed by atoms with Gasteiger partial charge in [-0.2, -0.15) is 0 Å². The number of hydrogen-bond acceptors (Lipinski definition) is 4.